The second-order valence-corrected chi connectivity index (χ2v) is 5.67. The van der Waals surface area contributed by atoms with E-state index < -0.39 is 0 Å². The third-order valence-electron chi connectivity index (χ3n) is 2.91. The lowest BCUT2D eigenvalue weighted by atomic mass is 10.3. The summed E-state index contributed by atoms with van der Waals surface area (Å²) in [6.45, 7) is 4.56. The number of benzene rings is 1. The normalized spacial score (nSPS) is 10.4. The molecule has 0 atom stereocenters. The Morgan fingerprint density at radius 3 is 2.71 bits per heavy atom. The minimum absolute atomic E-state index is 0.0920. The Labute approximate surface area is 127 Å². The molecule has 1 aromatic carbocycles. The topological polar surface area (TPSA) is 54.0 Å². The number of hydrogen-bond donors (Lipinski definition) is 2. The van der Waals surface area contributed by atoms with E-state index in [4.69, 9.17) is 0 Å². The van der Waals surface area contributed by atoms with E-state index >= 15 is 0 Å². The first kappa shape index (κ1) is 15.4. The van der Waals surface area contributed by atoms with Gasteiger partial charge in [0.05, 0.1) is 5.69 Å². The van der Waals surface area contributed by atoms with Crippen molar-refractivity contribution in [1.82, 2.24) is 10.3 Å². The molecule has 6 heteroatoms. The fourth-order valence-corrected chi connectivity index (χ4v) is 2.68. The van der Waals surface area contributed by atoms with Crippen molar-refractivity contribution in [2.24, 2.45) is 0 Å². The highest BCUT2D eigenvalue weighted by Gasteiger charge is 2.14. The Balaban J connectivity index is 2.04. The largest absolute Gasteiger partial charge is 0.351 e. The quantitative estimate of drug-likeness (QED) is 0.797. The number of rotatable bonds is 6. The Kier molecular flexibility index (Phi) is 5.27. The van der Waals surface area contributed by atoms with Crippen molar-refractivity contribution >= 4 is 28.1 Å². The van der Waals surface area contributed by atoms with E-state index in [-0.39, 0.29) is 11.7 Å². The van der Waals surface area contributed by atoms with Crippen LogP contribution in [0.4, 0.5) is 15.2 Å². The summed E-state index contributed by atoms with van der Waals surface area (Å²) in [7, 11) is 0. The second-order valence-electron chi connectivity index (χ2n) is 4.67. The van der Waals surface area contributed by atoms with Crippen molar-refractivity contribution in [1.29, 1.82) is 0 Å². The van der Waals surface area contributed by atoms with Crippen LogP contribution in [0.3, 0.4) is 0 Å². The van der Waals surface area contributed by atoms with E-state index in [1.807, 2.05) is 0 Å². The number of halogens is 1. The molecule has 0 aliphatic carbocycles. The van der Waals surface area contributed by atoms with Crippen LogP contribution in [0.5, 0.6) is 0 Å². The number of thiazole rings is 1. The first-order valence-corrected chi connectivity index (χ1v) is 7.70. The van der Waals surface area contributed by atoms with Gasteiger partial charge in [-0.05, 0) is 37.6 Å². The van der Waals surface area contributed by atoms with Gasteiger partial charge in [0.25, 0.3) is 5.91 Å². The number of nitrogens with one attached hydrogen (secondary N) is 2. The molecule has 4 nitrogen and oxygen atoms in total. The first-order chi connectivity index (χ1) is 10.1. The van der Waals surface area contributed by atoms with Gasteiger partial charge in [0, 0.05) is 12.2 Å². The lowest BCUT2D eigenvalue weighted by Crippen LogP contribution is -2.24. The number of aryl methyl sites for hydroxylation is 1. The highest BCUT2D eigenvalue weighted by atomic mass is 32.1. The predicted octanol–water partition coefficient (Wildman–Crippen LogP) is 3.86. The van der Waals surface area contributed by atoms with Gasteiger partial charge in [-0.1, -0.05) is 24.7 Å². The van der Waals surface area contributed by atoms with E-state index in [1.54, 1.807) is 19.1 Å². The lowest BCUT2D eigenvalue weighted by molar-refractivity contribution is 0.0956. The first-order valence-electron chi connectivity index (χ1n) is 6.88. The van der Waals surface area contributed by atoms with Crippen LogP contribution >= 0.6 is 11.3 Å². The molecule has 0 spiro atoms. The van der Waals surface area contributed by atoms with Gasteiger partial charge >= 0.3 is 0 Å². The zero-order valence-corrected chi connectivity index (χ0v) is 12.9. The molecule has 0 saturated heterocycles. The molecule has 0 unspecified atom stereocenters. The molecule has 112 valence electrons. The van der Waals surface area contributed by atoms with E-state index in [9.17, 15) is 9.18 Å². The smallest absolute Gasteiger partial charge is 0.263 e. The van der Waals surface area contributed by atoms with Crippen LogP contribution in [0, 0.1) is 12.7 Å². The standard InChI is InChI=1S/C15H18FN3OS/c1-3-4-9-17-14(20)13-10(2)18-15(21-13)19-12-7-5-11(16)6-8-12/h5-8H,3-4,9H2,1-2H3,(H,17,20)(H,18,19). The number of carbonyl (C=O) groups excluding carboxylic acids is 1. The molecule has 0 bridgehead atoms. The molecule has 0 aliphatic heterocycles. The average molecular weight is 307 g/mol. The molecule has 2 rings (SSSR count). The van der Waals surface area contributed by atoms with Crippen molar-refractivity contribution in [2.75, 3.05) is 11.9 Å². The van der Waals surface area contributed by atoms with Crippen molar-refractivity contribution in [2.45, 2.75) is 26.7 Å². The van der Waals surface area contributed by atoms with Crippen molar-refractivity contribution in [3.8, 4) is 0 Å². The van der Waals surface area contributed by atoms with Gasteiger partial charge < -0.3 is 10.6 Å². The Hall–Kier alpha value is -1.95. The summed E-state index contributed by atoms with van der Waals surface area (Å²) in [5, 5.41) is 6.58. The van der Waals surface area contributed by atoms with Gasteiger partial charge in [-0.15, -0.1) is 0 Å². The summed E-state index contributed by atoms with van der Waals surface area (Å²) < 4.78 is 12.9. The third kappa shape index (κ3) is 4.26. The molecule has 0 radical (unpaired) electrons. The molecule has 0 aliphatic rings. The summed E-state index contributed by atoms with van der Waals surface area (Å²) in [4.78, 5) is 17.0. The van der Waals surface area contributed by atoms with Gasteiger partial charge in [-0.3, -0.25) is 4.79 Å². The van der Waals surface area contributed by atoms with Crippen LogP contribution in [0.25, 0.3) is 0 Å². The molecule has 21 heavy (non-hydrogen) atoms. The summed E-state index contributed by atoms with van der Waals surface area (Å²) in [5.74, 6) is -0.377. The maximum atomic E-state index is 12.9. The molecular weight excluding hydrogens is 289 g/mol. The van der Waals surface area contributed by atoms with Crippen LogP contribution in [0.15, 0.2) is 24.3 Å². The number of nitrogens with zero attached hydrogens (tertiary/aromatic N) is 1. The monoisotopic (exact) mass is 307 g/mol. The highest BCUT2D eigenvalue weighted by molar-refractivity contribution is 7.17. The zero-order chi connectivity index (χ0) is 15.2. The summed E-state index contributed by atoms with van der Waals surface area (Å²) in [6.07, 6.45) is 2.00. The molecule has 2 N–H and O–H groups in total. The number of aromatic nitrogens is 1. The van der Waals surface area contributed by atoms with Crippen LogP contribution in [0.1, 0.15) is 35.1 Å². The summed E-state index contributed by atoms with van der Waals surface area (Å²) in [5.41, 5.74) is 1.43. The molecule has 2 aromatic rings. The van der Waals surface area contributed by atoms with Crippen LogP contribution in [-0.2, 0) is 0 Å². The fourth-order valence-electron chi connectivity index (χ4n) is 1.78. The van der Waals surface area contributed by atoms with Gasteiger partial charge in [0.1, 0.15) is 10.7 Å². The van der Waals surface area contributed by atoms with Crippen molar-refractivity contribution < 1.29 is 9.18 Å². The molecule has 0 fully saturated rings. The van der Waals surface area contributed by atoms with E-state index in [2.05, 4.69) is 22.5 Å². The number of unbranched alkanes of at least 4 members (excludes halogenated alkanes) is 1. The highest BCUT2D eigenvalue weighted by Crippen LogP contribution is 2.25. The van der Waals surface area contributed by atoms with Crippen LogP contribution in [-0.4, -0.2) is 17.4 Å². The minimum atomic E-state index is -0.285. The molecule has 1 heterocycles. The number of hydrogen-bond acceptors (Lipinski definition) is 4. The van der Waals surface area contributed by atoms with Gasteiger partial charge in [0.2, 0.25) is 0 Å². The average Bonchev–Trinajstić information content (AvgIpc) is 2.82. The Bertz CT molecular complexity index is 610. The van der Waals surface area contributed by atoms with Gasteiger partial charge in [0.15, 0.2) is 5.13 Å². The zero-order valence-electron chi connectivity index (χ0n) is 12.1. The van der Waals surface area contributed by atoms with E-state index in [0.29, 0.717) is 22.2 Å². The maximum Gasteiger partial charge on any atom is 0.263 e. The number of amides is 1. The molecule has 0 saturated carbocycles. The number of anilines is 2. The molecular formula is C15H18FN3OS. The summed E-state index contributed by atoms with van der Waals surface area (Å²) >= 11 is 1.30. The lowest BCUT2D eigenvalue weighted by Gasteiger charge is -2.02. The second kappa shape index (κ2) is 7.17. The van der Waals surface area contributed by atoms with Gasteiger partial charge in [-0.2, -0.15) is 0 Å². The minimum Gasteiger partial charge on any atom is -0.351 e. The summed E-state index contributed by atoms with van der Waals surface area (Å²) in [6, 6.07) is 6.02. The van der Waals surface area contributed by atoms with E-state index in [1.165, 1.54) is 23.5 Å². The van der Waals surface area contributed by atoms with Crippen molar-refractivity contribution in [3.05, 3.63) is 40.7 Å². The van der Waals surface area contributed by atoms with Crippen LogP contribution < -0.4 is 10.6 Å². The third-order valence-corrected chi connectivity index (χ3v) is 3.99. The number of carbonyl (C=O) groups is 1. The van der Waals surface area contributed by atoms with Crippen molar-refractivity contribution in [3.63, 3.8) is 0 Å². The molecule has 1 amide bonds. The Morgan fingerprint density at radius 2 is 2.05 bits per heavy atom. The van der Waals surface area contributed by atoms with Crippen LogP contribution in [0.2, 0.25) is 0 Å². The maximum absolute atomic E-state index is 12.9. The molecule has 1 aromatic heterocycles. The SMILES string of the molecule is CCCCNC(=O)c1sc(Nc2ccc(F)cc2)nc1C. The fraction of sp³-hybridized carbons (Fsp3) is 0.333. The van der Waals surface area contributed by atoms with Gasteiger partial charge in [-0.25, -0.2) is 9.37 Å². The predicted molar refractivity (Wildman–Crippen MR) is 83.8 cm³/mol. The Morgan fingerprint density at radius 1 is 1.33 bits per heavy atom. The van der Waals surface area contributed by atoms with E-state index in [0.717, 1.165) is 18.5 Å².